The van der Waals surface area contributed by atoms with Crippen molar-refractivity contribution in [3.05, 3.63) is 0 Å². The summed E-state index contributed by atoms with van der Waals surface area (Å²) in [5, 5.41) is 0. The Bertz CT molecular complexity index is 129. The number of unbranched alkanes of at least 4 members (excludes halogenated alkanes) is 3. The Labute approximate surface area is 114 Å². The Morgan fingerprint density at radius 1 is 0.800 bits per heavy atom. The molecule has 0 rings (SSSR count). The summed E-state index contributed by atoms with van der Waals surface area (Å²) in [6.07, 6.45) is 9.72. The van der Waals surface area contributed by atoms with Crippen LogP contribution in [-0.4, -0.2) is 31.7 Å². The second kappa shape index (κ2) is 9.88. The van der Waals surface area contributed by atoms with Crippen LogP contribution in [0.1, 0.15) is 58.8 Å². The minimum absolute atomic E-state index is 0. The quantitative estimate of drug-likeness (QED) is 0.352. The molecule has 1 nitrogen and oxygen atoms in total. The van der Waals surface area contributed by atoms with Gasteiger partial charge < -0.3 is 28.5 Å². The third kappa shape index (κ3) is 9.61. The summed E-state index contributed by atoms with van der Waals surface area (Å²) in [5.41, 5.74) is 0. The van der Waals surface area contributed by atoms with Crippen LogP contribution in [0.4, 0.5) is 0 Å². The monoisotopic (exact) mass is 327 g/mol. The van der Waals surface area contributed by atoms with Gasteiger partial charge in [-0.3, -0.25) is 0 Å². The minimum atomic E-state index is 0. The van der Waals surface area contributed by atoms with Gasteiger partial charge in [0.05, 0.1) is 27.2 Å². The van der Waals surface area contributed by atoms with Crippen LogP contribution >= 0.6 is 0 Å². The molecule has 15 heavy (non-hydrogen) atoms. The van der Waals surface area contributed by atoms with Gasteiger partial charge in [0.15, 0.2) is 0 Å². The molecule has 0 radical (unpaired) electrons. The van der Waals surface area contributed by atoms with Crippen molar-refractivity contribution in [2.45, 2.75) is 64.8 Å². The lowest BCUT2D eigenvalue weighted by molar-refractivity contribution is -0.896. The fraction of sp³-hybridized carbons (Fsp3) is 1.00. The number of nitrogens with zero attached hydrogens (tertiary/aromatic N) is 1. The van der Waals surface area contributed by atoms with Crippen LogP contribution in [0, 0.1) is 0 Å². The highest BCUT2D eigenvalue weighted by Crippen LogP contribution is 2.18. The third-order valence-electron chi connectivity index (χ3n) is 3.13. The van der Waals surface area contributed by atoms with Crippen molar-refractivity contribution in [1.29, 1.82) is 0 Å². The maximum Gasteiger partial charge on any atom is 0.0884 e. The van der Waals surface area contributed by atoms with Gasteiger partial charge in [-0.25, -0.2) is 0 Å². The topological polar surface area (TPSA) is 0 Å². The Kier molecular flexibility index (Phi) is 11.9. The third-order valence-corrected chi connectivity index (χ3v) is 3.13. The molecule has 0 aliphatic rings. The van der Waals surface area contributed by atoms with Crippen LogP contribution in [0.3, 0.4) is 0 Å². The number of rotatable bonds is 8. The Morgan fingerprint density at radius 3 is 1.67 bits per heavy atom. The van der Waals surface area contributed by atoms with Crippen molar-refractivity contribution in [1.82, 2.24) is 0 Å². The zero-order valence-corrected chi connectivity index (χ0v) is 13.5. The van der Waals surface area contributed by atoms with E-state index in [1.54, 1.807) is 0 Å². The van der Waals surface area contributed by atoms with Gasteiger partial charge in [0, 0.05) is 0 Å². The molecular weight excluding hydrogens is 297 g/mol. The normalized spacial score (nSPS) is 13.4. The molecule has 0 amide bonds. The summed E-state index contributed by atoms with van der Waals surface area (Å²) in [5.74, 6) is 0. The van der Waals surface area contributed by atoms with Gasteiger partial charge in [-0.2, -0.15) is 0 Å². The Hall–Kier alpha value is 0.690. The average Bonchev–Trinajstić information content (AvgIpc) is 2.09. The second-order valence-electron chi connectivity index (χ2n) is 5.41. The molecule has 0 aromatic heterocycles. The zero-order valence-electron chi connectivity index (χ0n) is 11.4. The molecule has 1 atom stereocenters. The zero-order chi connectivity index (χ0) is 11.0. The van der Waals surface area contributed by atoms with Crippen molar-refractivity contribution in [2.24, 2.45) is 0 Å². The summed E-state index contributed by atoms with van der Waals surface area (Å²) in [6, 6.07) is 0.876. The summed E-state index contributed by atoms with van der Waals surface area (Å²) >= 11 is 0. The SMILES string of the molecule is CCCCCC(CCCC)[N+](C)(C)C.[I-]. The first kappa shape index (κ1) is 18.1. The number of hydrogen-bond donors (Lipinski definition) is 0. The van der Waals surface area contributed by atoms with Crippen molar-refractivity contribution in [3.63, 3.8) is 0 Å². The van der Waals surface area contributed by atoms with Gasteiger partial charge in [0.2, 0.25) is 0 Å². The van der Waals surface area contributed by atoms with Crippen LogP contribution in [0.15, 0.2) is 0 Å². The summed E-state index contributed by atoms with van der Waals surface area (Å²) in [7, 11) is 7.02. The first-order chi connectivity index (χ1) is 6.52. The van der Waals surface area contributed by atoms with E-state index in [4.69, 9.17) is 0 Å². The van der Waals surface area contributed by atoms with Gasteiger partial charge in [-0.1, -0.05) is 33.1 Å². The van der Waals surface area contributed by atoms with E-state index >= 15 is 0 Å². The molecule has 0 aliphatic heterocycles. The van der Waals surface area contributed by atoms with Crippen molar-refractivity contribution in [2.75, 3.05) is 21.1 Å². The Balaban J connectivity index is 0. The predicted octanol–water partition coefficient (Wildman–Crippen LogP) is 0.836. The van der Waals surface area contributed by atoms with E-state index in [-0.39, 0.29) is 24.0 Å². The van der Waals surface area contributed by atoms with Gasteiger partial charge in [0.1, 0.15) is 0 Å². The molecule has 0 fully saturated rings. The maximum absolute atomic E-state index is 2.34. The number of halogens is 1. The first-order valence-corrected chi connectivity index (χ1v) is 6.33. The van der Waals surface area contributed by atoms with E-state index in [2.05, 4.69) is 35.0 Å². The molecule has 0 heterocycles. The lowest BCUT2D eigenvalue weighted by atomic mass is 10.0. The summed E-state index contributed by atoms with van der Waals surface area (Å²) in [4.78, 5) is 0. The van der Waals surface area contributed by atoms with Crippen molar-refractivity contribution >= 4 is 0 Å². The molecule has 1 unspecified atom stereocenters. The smallest absolute Gasteiger partial charge is 0.0884 e. The first-order valence-electron chi connectivity index (χ1n) is 6.33. The molecule has 0 bridgehead atoms. The van der Waals surface area contributed by atoms with Crippen molar-refractivity contribution < 1.29 is 28.5 Å². The van der Waals surface area contributed by atoms with E-state index in [0.29, 0.717) is 0 Å². The molecule has 0 spiro atoms. The van der Waals surface area contributed by atoms with E-state index in [9.17, 15) is 0 Å². The fourth-order valence-electron chi connectivity index (χ4n) is 1.99. The lowest BCUT2D eigenvalue weighted by Crippen LogP contribution is -3.00. The number of quaternary nitrogens is 1. The molecule has 0 aromatic rings. The summed E-state index contributed by atoms with van der Waals surface area (Å²) in [6.45, 7) is 4.58. The summed E-state index contributed by atoms with van der Waals surface area (Å²) < 4.78 is 1.14. The van der Waals surface area contributed by atoms with Crippen LogP contribution in [0.2, 0.25) is 0 Å². The highest BCUT2D eigenvalue weighted by Gasteiger charge is 2.21. The molecule has 0 N–H and O–H groups in total. The Morgan fingerprint density at radius 2 is 1.27 bits per heavy atom. The van der Waals surface area contributed by atoms with Crippen LogP contribution in [0.5, 0.6) is 0 Å². The standard InChI is InChI=1S/C13H30N.HI/c1-6-8-10-12-13(11-9-7-2)14(3,4)5;/h13H,6-12H2,1-5H3;1H/q+1;/p-1. The van der Waals surface area contributed by atoms with Crippen LogP contribution in [-0.2, 0) is 0 Å². The molecule has 0 saturated carbocycles. The molecule has 94 valence electrons. The lowest BCUT2D eigenvalue weighted by Gasteiger charge is -2.34. The fourth-order valence-corrected chi connectivity index (χ4v) is 1.99. The highest BCUT2D eigenvalue weighted by atomic mass is 127. The average molecular weight is 327 g/mol. The van der Waals surface area contributed by atoms with Gasteiger partial charge in [-0.05, 0) is 25.7 Å². The van der Waals surface area contributed by atoms with Crippen molar-refractivity contribution in [3.8, 4) is 0 Å². The predicted molar refractivity (Wildman–Crippen MR) is 65.5 cm³/mol. The molecular formula is C13H30IN. The molecule has 0 aromatic carbocycles. The van der Waals surface area contributed by atoms with Gasteiger partial charge in [0.25, 0.3) is 0 Å². The van der Waals surface area contributed by atoms with Crippen LogP contribution in [0.25, 0.3) is 0 Å². The number of hydrogen-bond acceptors (Lipinski definition) is 0. The highest BCUT2D eigenvalue weighted by molar-refractivity contribution is 4.58. The molecule has 0 aliphatic carbocycles. The van der Waals surface area contributed by atoms with Crippen LogP contribution < -0.4 is 24.0 Å². The van der Waals surface area contributed by atoms with E-state index in [0.717, 1.165) is 10.5 Å². The van der Waals surface area contributed by atoms with E-state index in [1.165, 1.54) is 44.9 Å². The maximum atomic E-state index is 2.34. The minimum Gasteiger partial charge on any atom is -1.00 e. The van der Waals surface area contributed by atoms with E-state index in [1.807, 2.05) is 0 Å². The van der Waals surface area contributed by atoms with Gasteiger partial charge in [-0.15, -0.1) is 0 Å². The largest absolute Gasteiger partial charge is 1.00 e. The molecule has 0 saturated heterocycles. The second-order valence-corrected chi connectivity index (χ2v) is 5.41. The van der Waals surface area contributed by atoms with Gasteiger partial charge >= 0.3 is 0 Å². The van der Waals surface area contributed by atoms with E-state index < -0.39 is 0 Å². The molecule has 2 heteroatoms.